The van der Waals surface area contributed by atoms with E-state index in [0.29, 0.717) is 17.1 Å². The Kier molecular flexibility index (Phi) is 3.39. The summed E-state index contributed by atoms with van der Waals surface area (Å²) in [5.74, 6) is 0.271. The van der Waals surface area contributed by atoms with Crippen LogP contribution in [0.25, 0.3) is 0 Å². The Balaban J connectivity index is 2.14. The number of nitrogens with two attached hydrogens (primary N) is 1. The van der Waals surface area contributed by atoms with Crippen molar-refractivity contribution >= 4 is 33.3 Å². The van der Waals surface area contributed by atoms with Gasteiger partial charge < -0.3 is 11.1 Å². The van der Waals surface area contributed by atoms with Gasteiger partial charge in [0.25, 0.3) is 5.91 Å². The summed E-state index contributed by atoms with van der Waals surface area (Å²) in [5.41, 5.74) is 6.64. The molecular formula is C12H10BrN3O. The average molecular weight is 292 g/mol. The Hall–Kier alpha value is -1.88. The van der Waals surface area contributed by atoms with E-state index in [9.17, 15) is 4.79 Å². The number of carbonyl (C=O) groups is 1. The molecule has 0 spiro atoms. The highest BCUT2D eigenvalue weighted by molar-refractivity contribution is 9.10. The highest BCUT2D eigenvalue weighted by Gasteiger charge is 2.06. The lowest BCUT2D eigenvalue weighted by molar-refractivity contribution is 0.102. The Morgan fingerprint density at radius 3 is 2.76 bits per heavy atom. The van der Waals surface area contributed by atoms with E-state index in [0.717, 1.165) is 4.47 Å². The van der Waals surface area contributed by atoms with Crippen LogP contribution in [0.2, 0.25) is 0 Å². The summed E-state index contributed by atoms with van der Waals surface area (Å²) < 4.78 is 0.857. The zero-order valence-electron chi connectivity index (χ0n) is 8.85. The smallest absolute Gasteiger partial charge is 0.256 e. The summed E-state index contributed by atoms with van der Waals surface area (Å²) in [7, 11) is 0. The van der Waals surface area contributed by atoms with Gasteiger partial charge in [-0.1, -0.05) is 22.0 Å². The number of carbonyl (C=O) groups excluding carboxylic acids is 1. The fourth-order valence-electron chi connectivity index (χ4n) is 1.30. The third-order valence-corrected chi connectivity index (χ3v) is 2.61. The van der Waals surface area contributed by atoms with Crippen LogP contribution in [0, 0.1) is 0 Å². The van der Waals surface area contributed by atoms with E-state index in [1.165, 1.54) is 6.20 Å². The molecule has 1 aromatic heterocycles. The normalized spacial score (nSPS) is 9.94. The van der Waals surface area contributed by atoms with Crippen LogP contribution >= 0.6 is 15.9 Å². The standard InChI is InChI=1S/C12H10BrN3O/c13-9-3-1-2-8(6-9)12(17)16-11-5-4-10(14)7-15-11/h1-7H,14H2,(H,15,16,17). The van der Waals surface area contributed by atoms with Gasteiger partial charge in [0.2, 0.25) is 0 Å². The van der Waals surface area contributed by atoms with Crippen LogP contribution in [-0.2, 0) is 0 Å². The van der Waals surface area contributed by atoms with Gasteiger partial charge in [0.05, 0.1) is 11.9 Å². The second-order valence-corrected chi connectivity index (χ2v) is 4.36. The van der Waals surface area contributed by atoms with Crippen molar-refractivity contribution in [2.24, 2.45) is 0 Å². The summed E-state index contributed by atoms with van der Waals surface area (Å²) in [6.07, 6.45) is 1.50. The van der Waals surface area contributed by atoms with Crippen LogP contribution in [0.5, 0.6) is 0 Å². The van der Waals surface area contributed by atoms with E-state index < -0.39 is 0 Å². The highest BCUT2D eigenvalue weighted by atomic mass is 79.9. The van der Waals surface area contributed by atoms with Crippen LogP contribution in [-0.4, -0.2) is 10.9 Å². The molecule has 4 nitrogen and oxygen atoms in total. The van der Waals surface area contributed by atoms with Gasteiger partial charge in [0, 0.05) is 10.0 Å². The van der Waals surface area contributed by atoms with Crippen molar-refractivity contribution in [2.75, 3.05) is 11.1 Å². The van der Waals surface area contributed by atoms with Crippen molar-refractivity contribution in [3.63, 3.8) is 0 Å². The molecule has 0 saturated heterocycles. The molecule has 3 N–H and O–H groups in total. The van der Waals surface area contributed by atoms with Crippen molar-refractivity contribution in [3.8, 4) is 0 Å². The number of benzene rings is 1. The molecular weight excluding hydrogens is 282 g/mol. The second kappa shape index (κ2) is 4.97. The van der Waals surface area contributed by atoms with Gasteiger partial charge in [-0.3, -0.25) is 4.79 Å². The third kappa shape index (κ3) is 3.04. The molecule has 1 heterocycles. The zero-order valence-corrected chi connectivity index (χ0v) is 10.4. The molecule has 0 radical (unpaired) electrons. The summed E-state index contributed by atoms with van der Waals surface area (Å²) in [4.78, 5) is 15.8. The summed E-state index contributed by atoms with van der Waals surface area (Å²) in [5, 5.41) is 2.69. The molecule has 0 unspecified atom stereocenters. The molecule has 2 rings (SSSR count). The SMILES string of the molecule is Nc1ccc(NC(=O)c2cccc(Br)c2)nc1. The number of nitrogens with one attached hydrogen (secondary N) is 1. The van der Waals surface area contributed by atoms with Gasteiger partial charge >= 0.3 is 0 Å². The summed E-state index contributed by atoms with van der Waals surface area (Å²) in [6, 6.07) is 10.5. The molecule has 0 saturated carbocycles. The van der Waals surface area contributed by atoms with Gasteiger partial charge in [0.15, 0.2) is 0 Å². The first-order chi connectivity index (χ1) is 8.15. The van der Waals surface area contributed by atoms with E-state index in [-0.39, 0.29) is 5.91 Å². The fraction of sp³-hybridized carbons (Fsp3) is 0. The number of rotatable bonds is 2. The maximum Gasteiger partial charge on any atom is 0.256 e. The number of hydrogen-bond donors (Lipinski definition) is 2. The van der Waals surface area contributed by atoms with Crippen molar-refractivity contribution in [3.05, 3.63) is 52.6 Å². The van der Waals surface area contributed by atoms with Crippen LogP contribution < -0.4 is 11.1 Å². The van der Waals surface area contributed by atoms with E-state index in [4.69, 9.17) is 5.73 Å². The van der Waals surface area contributed by atoms with Crippen molar-refractivity contribution in [1.82, 2.24) is 4.98 Å². The van der Waals surface area contributed by atoms with Crippen LogP contribution in [0.4, 0.5) is 11.5 Å². The number of anilines is 2. The largest absolute Gasteiger partial charge is 0.397 e. The predicted molar refractivity (Wildman–Crippen MR) is 70.7 cm³/mol. The van der Waals surface area contributed by atoms with E-state index in [2.05, 4.69) is 26.2 Å². The Labute approximate surface area is 107 Å². The summed E-state index contributed by atoms with van der Waals surface area (Å²) in [6.45, 7) is 0. The minimum Gasteiger partial charge on any atom is -0.397 e. The lowest BCUT2D eigenvalue weighted by atomic mass is 10.2. The molecule has 5 heteroatoms. The number of hydrogen-bond acceptors (Lipinski definition) is 3. The first kappa shape index (κ1) is 11.6. The monoisotopic (exact) mass is 291 g/mol. The van der Waals surface area contributed by atoms with E-state index in [1.54, 1.807) is 30.3 Å². The van der Waals surface area contributed by atoms with Crippen molar-refractivity contribution < 1.29 is 4.79 Å². The van der Waals surface area contributed by atoms with Gasteiger partial charge in [0.1, 0.15) is 5.82 Å². The maximum atomic E-state index is 11.8. The lowest BCUT2D eigenvalue weighted by Crippen LogP contribution is -2.12. The molecule has 0 bridgehead atoms. The van der Waals surface area contributed by atoms with Gasteiger partial charge in [-0.2, -0.15) is 0 Å². The van der Waals surface area contributed by atoms with Crippen molar-refractivity contribution in [2.45, 2.75) is 0 Å². The van der Waals surface area contributed by atoms with E-state index >= 15 is 0 Å². The average Bonchev–Trinajstić information content (AvgIpc) is 2.32. The highest BCUT2D eigenvalue weighted by Crippen LogP contribution is 2.13. The second-order valence-electron chi connectivity index (χ2n) is 3.44. The first-order valence-corrected chi connectivity index (χ1v) is 5.73. The van der Waals surface area contributed by atoms with E-state index in [1.807, 2.05) is 6.07 Å². The molecule has 17 heavy (non-hydrogen) atoms. The Bertz CT molecular complexity index is 540. The number of nitrogen functional groups attached to an aromatic ring is 1. The molecule has 2 aromatic rings. The molecule has 0 aliphatic heterocycles. The fourth-order valence-corrected chi connectivity index (χ4v) is 1.70. The van der Waals surface area contributed by atoms with Gasteiger partial charge in [-0.05, 0) is 30.3 Å². The number of amides is 1. The molecule has 0 fully saturated rings. The lowest BCUT2D eigenvalue weighted by Gasteiger charge is -2.04. The van der Waals surface area contributed by atoms with Crippen LogP contribution in [0.15, 0.2) is 47.1 Å². The number of halogens is 1. The predicted octanol–water partition coefficient (Wildman–Crippen LogP) is 2.68. The minimum absolute atomic E-state index is 0.205. The molecule has 0 aliphatic carbocycles. The molecule has 1 aromatic carbocycles. The Morgan fingerprint density at radius 1 is 1.29 bits per heavy atom. The molecule has 0 atom stereocenters. The van der Waals surface area contributed by atoms with Crippen LogP contribution in [0.3, 0.4) is 0 Å². The molecule has 86 valence electrons. The molecule has 0 aliphatic rings. The first-order valence-electron chi connectivity index (χ1n) is 4.93. The minimum atomic E-state index is -0.205. The maximum absolute atomic E-state index is 11.8. The van der Waals surface area contributed by atoms with Crippen LogP contribution in [0.1, 0.15) is 10.4 Å². The number of nitrogens with zero attached hydrogens (tertiary/aromatic N) is 1. The van der Waals surface area contributed by atoms with Gasteiger partial charge in [-0.25, -0.2) is 4.98 Å². The van der Waals surface area contributed by atoms with Gasteiger partial charge in [-0.15, -0.1) is 0 Å². The third-order valence-electron chi connectivity index (χ3n) is 2.11. The summed E-state index contributed by atoms with van der Waals surface area (Å²) >= 11 is 3.31. The zero-order chi connectivity index (χ0) is 12.3. The number of aromatic nitrogens is 1. The topological polar surface area (TPSA) is 68.0 Å². The van der Waals surface area contributed by atoms with Crippen molar-refractivity contribution in [1.29, 1.82) is 0 Å². The quantitative estimate of drug-likeness (QED) is 0.894. The number of pyridine rings is 1. The Morgan fingerprint density at radius 2 is 2.12 bits per heavy atom. The molecule has 1 amide bonds.